The Morgan fingerprint density at radius 3 is 0.382 bits per heavy atom. The number of rotatable bonds is 72. The standard InChI is InChI=1S/C72H126N18O12/c73-85-79-55-43-31-19-7-1-13-25-37-49-61(91)97-67-68(98-62(92)50-38-26-14-2-8-20-32-44-56-80-86-74)70(100-64(94)52-40-28-16-4-10-22-34-46-58-82-88-76)72(102-66(96)54-42-30-18-6-12-24-36-48-60-84-90-78)71(101-65(95)53-41-29-17-5-11-23-35-47-59-83-89-77)69(67)99-63(93)51-39-27-15-3-9-21-33-45-57-81-87-75/h67-72H,1-60H2. The molecule has 0 unspecified atom stereocenters. The van der Waals surface area contributed by atoms with Gasteiger partial charge in [0, 0.05) is 107 Å². The molecule has 30 heteroatoms. The highest BCUT2D eigenvalue weighted by Gasteiger charge is 2.61. The van der Waals surface area contributed by atoms with Crippen LogP contribution in [0.2, 0.25) is 0 Å². The monoisotopic (exact) mass is 1430 g/mol. The van der Waals surface area contributed by atoms with Crippen LogP contribution in [0.3, 0.4) is 0 Å². The fourth-order valence-electron chi connectivity index (χ4n) is 12.5. The summed E-state index contributed by atoms with van der Waals surface area (Å²) in [5.41, 5.74) is 51.8. The van der Waals surface area contributed by atoms with Crippen molar-refractivity contribution in [2.45, 2.75) is 383 Å². The third-order valence-electron chi connectivity index (χ3n) is 18.3. The average molecular weight is 1440 g/mol. The molecule has 0 bridgehead atoms. The fraction of sp³-hybridized carbons (Fsp3) is 0.917. The molecule has 0 heterocycles. The summed E-state index contributed by atoms with van der Waals surface area (Å²) in [6.45, 7) is 2.72. The summed E-state index contributed by atoms with van der Waals surface area (Å²) in [5, 5.41) is 21.7. The molecule has 0 aromatic carbocycles. The quantitative estimate of drug-likeness (QED) is 0.0137. The predicted molar refractivity (Wildman–Crippen MR) is 393 cm³/mol. The minimum Gasteiger partial charge on any atom is -0.454 e. The van der Waals surface area contributed by atoms with Gasteiger partial charge in [0.05, 0.1) is 0 Å². The lowest BCUT2D eigenvalue weighted by Crippen LogP contribution is -2.69. The van der Waals surface area contributed by atoms with Crippen LogP contribution in [0.25, 0.3) is 62.7 Å². The van der Waals surface area contributed by atoms with Crippen molar-refractivity contribution in [3.63, 3.8) is 0 Å². The van der Waals surface area contributed by atoms with Crippen molar-refractivity contribution in [2.24, 2.45) is 30.7 Å². The van der Waals surface area contributed by atoms with Gasteiger partial charge in [0.2, 0.25) is 0 Å². The molecule has 0 saturated heterocycles. The Labute approximate surface area is 606 Å². The van der Waals surface area contributed by atoms with Crippen molar-refractivity contribution in [1.29, 1.82) is 0 Å². The summed E-state index contributed by atoms with van der Waals surface area (Å²) in [6.07, 6.45) is 28.4. The molecule has 30 nitrogen and oxygen atoms in total. The van der Waals surface area contributed by atoms with E-state index in [2.05, 4.69) is 60.2 Å². The van der Waals surface area contributed by atoms with Gasteiger partial charge in [0.1, 0.15) is 0 Å². The van der Waals surface area contributed by atoms with E-state index in [4.69, 9.17) is 61.6 Å². The van der Waals surface area contributed by atoms with E-state index >= 15 is 0 Å². The minimum atomic E-state index is -1.71. The number of azide groups is 6. The highest BCUT2D eigenvalue weighted by molar-refractivity contribution is 5.74. The first-order valence-electron chi connectivity index (χ1n) is 39.3. The highest BCUT2D eigenvalue weighted by Crippen LogP contribution is 2.37. The van der Waals surface area contributed by atoms with Crippen LogP contribution in [0, 0.1) is 0 Å². The van der Waals surface area contributed by atoms with Crippen LogP contribution in [0.5, 0.6) is 0 Å². The molecule has 1 rings (SSSR count). The lowest BCUT2D eigenvalue weighted by molar-refractivity contribution is -0.262. The molecule has 0 atom stereocenters. The molecule has 1 saturated carbocycles. The SMILES string of the molecule is [N-]=[N+]=NCCCCCCCCCCC(=O)OC1C(OC(=O)CCCCCCCCCCN=[N+]=[N-])C(OC(=O)CCCCCCCCCCN=[N+]=[N-])C(OC(=O)CCCCCCCCCCN=[N+]=[N-])C(OC(=O)CCCCCCCCCCN=[N+]=[N-])C1OC(=O)CCCCCCCCCCN=[N+]=[N-]. The first-order chi connectivity index (χ1) is 50.1. The van der Waals surface area contributed by atoms with E-state index < -0.39 is 72.4 Å². The Morgan fingerprint density at radius 1 is 0.176 bits per heavy atom. The van der Waals surface area contributed by atoms with Crippen LogP contribution in [0.15, 0.2) is 30.7 Å². The van der Waals surface area contributed by atoms with E-state index in [1.807, 2.05) is 0 Å². The number of hydrogen-bond donors (Lipinski definition) is 0. The topological polar surface area (TPSA) is 450 Å². The highest BCUT2D eigenvalue weighted by atomic mass is 16.7. The molecule has 0 aromatic rings. The minimum absolute atomic E-state index is 0.0815. The molecule has 0 aliphatic heterocycles. The normalized spacial score (nSPS) is 15.9. The van der Waals surface area contributed by atoms with E-state index in [9.17, 15) is 28.8 Å². The summed E-state index contributed by atoms with van der Waals surface area (Å²) in [6, 6.07) is 0. The molecule has 1 fully saturated rings. The van der Waals surface area contributed by atoms with Gasteiger partial charge in [0.25, 0.3) is 0 Å². The molecular formula is C72H126N18O12. The summed E-state index contributed by atoms with van der Waals surface area (Å²) in [7, 11) is 0. The van der Waals surface area contributed by atoms with Crippen molar-refractivity contribution in [3.05, 3.63) is 62.7 Å². The molecule has 102 heavy (non-hydrogen) atoms. The zero-order valence-electron chi connectivity index (χ0n) is 61.8. The Balaban J connectivity index is 3.96. The number of carbonyl (C=O) groups excluding carboxylic acids is 6. The van der Waals surface area contributed by atoms with Crippen LogP contribution >= 0.6 is 0 Å². The van der Waals surface area contributed by atoms with E-state index in [1.165, 1.54) is 0 Å². The zero-order valence-corrected chi connectivity index (χ0v) is 61.8. The third kappa shape index (κ3) is 55.3. The molecule has 0 amide bonds. The number of unbranched alkanes of at least 4 members (excludes halogenated alkanes) is 42. The van der Waals surface area contributed by atoms with Gasteiger partial charge in [-0.25, -0.2) is 0 Å². The van der Waals surface area contributed by atoms with E-state index in [-0.39, 0.29) is 38.5 Å². The summed E-state index contributed by atoms with van der Waals surface area (Å²) >= 11 is 0. The number of esters is 6. The Bertz CT molecular complexity index is 2070. The van der Waals surface area contributed by atoms with E-state index in [1.54, 1.807) is 0 Å². The number of hydrogen-bond acceptors (Lipinski definition) is 18. The van der Waals surface area contributed by atoms with Crippen molar-refractivity contribution in [1.82, 2.24) is 0 Å². The van der Waals surface area contributed by atoms with Crippen LogP contribution in [0.1, 0.15) is 347 Å². The predicted octanol–water partition coefficient (Wildman–Crippen LogP) is 22.4. The fourth-order valence-corrected chi connectivity index (χ4v) is 12.5. The molecule has 0 aromatic heterocycles. The Hall–Kier alpha value is -7.32. The second-order valence-corrected chi connectivity index (χ2v) is 26.9. The second-order valence-electron chi connectivity index (χ2n) is 26.9. The van der Waals surface area contributed by atoms with Gasteiger partial charge >= 0.3 is 35.8 Å². The van der Waals surface area contributed by atoms with Crippen molar-refractivity contribution in [3.8, 4) is 0 Å². The van der Waals surface area contributed by atoms with Crippen LogP contribution < -0.4 is 0 Å². The molecule has 0 N–H and O–H groups in total. The first-order valence-corrected chi connectivity index (χ1v) is 39.3. The molecule has 1 aliphatic rings. The van der Waals surface area contributed by atoms with Crippen molar-refractivity contribution in [2.75, 3.05) is 39.3 Å². The maximum absolute atomic E-state index is 14.5. The number of nitrogens with zero attached hydrogens (tertiary/aromatic N) is 18. The van der Waals surface area contributed by atoms with Crippen molar-refractivity contribution >= 4 is 35.8 Å². The number of ether oxygens (including phenoxy) is 6. The molecule has 0 spiro atoms. The average Bonchev–Trinajstić information content (AvgIpc) is 0.758. The van der Waals surface area contributed by atoms with Crippen LogP contribution in [-0.4, -0.2) is 112 Å². The lowest BCUT2D eigenvalue weighted by Gasteiger charge is -2.47. The zero-order chi connectivity index (χ0) is 74.1. The molecule has 0 radical (unpaired) electrons. The van der Waals surface area contributed by atoms with E-state index in [0.29, 0.717) is 116 Å². The summed E-state index contributed by atoms with van der Waals surface area (Å²) in [5.74, 6) is -4.33. The van der Waals surface area contributed by atoms with Crippen molar-refractivity contribution < 1.29 is 57.2 Å². The van der Waals surface area contributed by atoms with Gasteiger partial charge in [-0.2, -0.15) is 0 Å². The second kappa shape index (κ2) is 70.7. The summed E-state index contributed by atoms with van der Waals surface area (Å²) in [4.78, 5) is 104. The van der Waals surface area contributed by atoms with Gasteiger partial charge in [-0.05, 0) is 110 Å². The van der Waals surface area contributed by atoms with E-state index in [0.717, 1.165) is 231 Å². The molecule has 576 valence electrons. The molecule has 1 aliphatic carbocycles. The smallest absolute Gasteiger partial charge is 0.306 e. The Kier molecular flexibility index (Phi) is 64.3. The number of carbonyl (C=O) groups is 6. The van der Waals surface area contributed by atoms with Gasteiger partial charge in [0.15, 0.2) is 36.6 Å². The largest absolute Gasteiger partial charge is 0.454 e. The summed E-state index contributed by atoms with van der Waals surface area (Å²) < 4.78 is 38.6. The van der Waals surface area contributed by atoms with Crippen LogP contribution in [-0.2, 0) is 57.2 Å². The lowest BCUT2D eigenvalue weighted by atomic mass is 9.83. The van der Waals surface area contributed by atoms with Gasteiger partial charge in [-0.15, -0.1) is 0 Å². The van der Waals surface area contributed by atoms with Gasteiger partial charge in [-0.1, -0.05) is 262 Å². The maximum Gasteiger partial charge on any atom is 0.306 e. The van der Waals surface area contributed by atoms with Crippen LogP contribution in [0.4, 0.5) is 0 Å². The van der Waals surface area contributed by atoms with Gasteiger partial charge in [-0.3, -0.25) is 28.8 Å². The van der Waals surface area contributed by atoms with Gasteiger partial charge < -0.3 is 28.4 Å². The Morgan fingerprint density at radius 2 is 0.275 bits per heavy atom. The molecular weight excluding hydrogens is 1310 g/mol. The third-order valence-corrected chi connectivity index (χ3v) is 18.3. The maximum atomic E-state index is 14.5. The first kappa shape index (κ1) is 92.7.